The molecule has 1 atom stereocenters. The van der Waals surface area contributed by atoms with E-state index >= 15 is 0 Å². The molecule has 5 nitrogen and oxygen atoms in total. The first-order valence-electron chi connectivity index (χ1n) is 7.16. The van der Waals surface area contributed by atoms with Crippen molar-refractivity contribution in [1.82, 2.24) is 15.1 Å². The summed E-state index contributed by atoms with van der Waals surface area (Å²) in [4.78, 5) is 16.3. The minimum absolute atomic E-state index is 0.174. The highest BCUT2D eigenvalue weighted by Crippen LogP contribution is 2.10. The number of carbonyl (C=O) groups excluding carboxylic acids is 1. The third kappa shape index (κ3) is 3.59. The second-order valence-corrected chi connectivity index (χ2v) is 5.07. The first-order chi connectivity index (χ1) is 8.81. The average molecular weight is 255 g/mol. The number of carbonyl (C=O) groups is 1. The van der Waals surface area contributed by atoms with Crippen LogP contribution in [0.4, 0.5) is 4.79 Å². The monoisotopic (exact) mass is 255 g/mol. The molecular formula is C13H25N3O2. The van der Waals surface area contributed by atoms with E-state index in [9.17, 15) is 4.79 Å². The third-order valence-electron chi connectivity index (χ3n) is 3.79. The van der Waals surface area contributed by atoms with Crippen molar-refractivity contribution in [2.24, 2.45) is 0 Å². The van der Waals surface area contributed by atoms with Crippen LogP contribution in [0.5, 0.6) is 0 Å². The van der Waals surface area contributed by atoms with Crippen molar-refractivity contribution in [2.45, 2.75) is 32.2 Å². The molecule has 0 aromatic heterocycles. The molecule has 18 heavy (non-hydrogen) atoms. The molecule has 2 rings (SSSR count). The van der Waals surface area contributed by atoms with Gasteiger partial charge in [0.2, 0.25) is 0 Å². The van der Waals surface area contributed by atoms with Crippen LogP contribution in [-0.2, 0) is 4.74 Å². The second kappa shape index (κ2) is 6.95. The zero-order valence-electron chi connectivity index (χ0n) is 11.4. The zero-order valence-corrected chi connectivity index (χ0v) is 11.4. The van der Waals surface area contributed by atoms with Crippen LogP contribution < -0.4 is 5.32 Å². The molecule has 0 radical (unpaired) electrons. The van der Waals surface area contributed by atoms with Crippen molar-refractivity contribution < 1.29 is 9.53 Å². The average Bonchev–Trinajstić information content (AvgIpc) is 2.46. The van der Waals surface area contributed by atoms with Crippen LogP contribution in [0.1, 0.15) is 26.2 Å². The molecule has 0 bridgehead atoms. The summed E-state index contributed by atoms with van der Waals surface area (Å²) in [6.07, 6.45) is 3.73. The van der Waals surface area contributed by atoms with Gasteiger partial charge in [0.15, 0.2) is 0 Å². The van der Waals surface area contributed by atoms with Gasteiger partial charge in [0.25, 0.3) is 0 Å². The van der Waals surface area contributed by atoms with Gasteiger partial charge >= 0.3 is 6.03 Å². The van der Waals surface area contributed by atoms with Crippen LogP contribution in [0.15, 0.2) is 0 Å². The van der Waals surface area contributed by atoms with Crippen LogP contribution >= 0.6 is 0 Å². The van der Waals surface area contributed by atoms with Crippen molar-refractivity contribution in [3.05, 3.63) is 0 Å². The summed E-state index contributed by atoms with van der Waals surface area (Å²) in [6, 6.07) is 0.650. The third-order valence-corrected chi connectivity index (χ3v) is 3.79. The SMILES string of the molecule is CCN(CC1CCCCN1)C(=O)N1CCOCC1. The maximum absolute atomic E-state index is 12.4. The fraction of sp³-hybridized carbons (Fsp3) is 0.923. The molecule has 1 N–H and O–H groups in total. The van der Waals surface area contributed by atoms with Crippen molar-refractivity contribution in [3.63, 3.8) is 0 Å². The minimum atomic E-state index is 0.174. The molecule has 5 heteroatoms. The number of urea groups is 1. The molecule has 104 valence electrons. The first-order valence-corrected chi connectivity index (χ1v) is 7.16. The van der Waals surface area contributed by atoms with Crippen LogP contribution in [0, 0.1) is 0 Å². The summed E-state index contributed by atoms with van der Waals surface area (Å²) in [6.45, 7) is 7.58. The Kier molecular flexibility index (Phi) is 5.26. The fourth-order valence-corrected chi connectivity index (χ4v) is 2.64. The number of hydrogen-bond donors (Lipinski definition) is 1. The number of morpholine rings is 1. The summed E-state index contributed by atoms with van der Waals surface area (Å²) in [5.41, 5.74) is 0. The van der Waals surface area contributed by atoms with Crippen LogP contribution in [0.3, 0.4) is 0 Å². The number of piperidine rings is 1. The van der Waals surface area contributed by atoms with Gasteiger partial charge in [-0.1, -0.05) is 6.42 Å². The highest BCUT2D eigenvalue weighted by molar-refractivity contribution is 5.74. The van der Waals surface area contributed by atoms with E-state index in [1.165, 1.54) is 19.3 Å². The second-order valence-electron chi connectivity index (χ2n) is 5.07. The number of ether oxygens (including phenoxy) is 1. The van der Waals surface area contributed by atoms with E-state index in [0.717, 1.165) is 32.7 Å². The Balaban J connectivity index is 1.84. The lowest BCUT2D eigenvalue weighted by Gasteiger charge is -2.35. The topological polar surface area (TPSA) is 44.8 Å². The van der Waals surface area contributed by atoms with E-state index in [4.69, 9.17) is 4.74 Å². The molecule has 0 aliphatic carbocycles. The van der Waals surface area contributed by atoms with Gasteiger partial charge in [0.1, 0.15) is 0 Å². The van der Waals surface area contributed by atoms with Gasteiger partial charge in [-0.3, -0.25) is 0 Å². The molecule has 0 aromatic rings. The number of hydrogen-bond acceptors (Lipinski definition) is 3. The standard InChI is InChI=1S/C13H25N3O2/c1-2-15(11-12-5-3-4-6-14-12)13(17)16-7-9-18-10-8-16/h12,14H,2-11H2,1H3. The van der Waals surface area contributed by atoms with E-state index in [1.54, 1.807) is 0 Å². The summed E-state index contributed by atoms with van der Waals surface area (Å²) < 4.78 is 5.29. The van der Waals surface area contributed by atoms with Crippen molar-refractivity contribution in [3.8, 4) is 0 Å². The predicted molar refractivity (Wildman–Crippen MR) is 70.7 cm³/mol. The van der Waals surface area contributed by atoms with Gasteiger partial charge in [-0.15, -0.1) is 0 Å². The molecule has 0 saturated carbocycles. The van der Waals surface area contributed by atoms with Crippen molar-refractivity contribution >= 4 is 6.03 Å². The van der Waals surface area contributed by atoms with Gasteiger partial charge in [0.05, 0.1) is 13.2 Å². The molecule has 2 heterocycles. The summed E-state index contributed by atoms with van der Waals surface area (Å²) >= 11 is 0. The van der Waals surface area contributed by atoms with Gasteiger partial charge in [0, 0.05) is 32.2 Å². The summed E-state index contributed by atoms with van der Waals surface area (Å²) in [5, 5.41) is 3.50. The summed E-state index contributed by atoms with van der Waals surface area (Å²) in [7, 11) is 0. The van der Waals surface area contributed by atoms with E-state index in [0.29, 0.717) is 19.3 Å². The van der Waals surface area contributed by atoms with Crippen LogP contribution in [0.25, 0.3) is 0 Å². The highest BCUT2D eigenvalue weighted by Gasteiger charge is 2.24. The van der Waals surface area contributed by atoms with Crippen molar-refractivity contribution in [2.75, 3.05) is 45.9 Å². The Hall–Kier alpha value is -0.810. The van der Waals surface area contributed by atoms with E-state index in [1.807, 2.05) is 9.80 Å². The molecule has 2 amide bonds. The predicted octanol–water partition coefficient (Wildman–Crippen LogP) is 0.903. The number of nitrogens with zero attached hydrogens (tertiary/aromatic N) is 2. The van der Waals surface area contributed by atoms with Gasteiger partial charge in [-0.25, -0.2) is 4.79 Å². The Morgan fingerprint density at radius 3 is 2.78 bits per heavy atom. The smallest absolute Gasteiger partial charge is 0.320 e. The van der Waals surface area contributed by atoms with E-state index in [-0.39, 0.29) is 6.03 Å². The lowest BCUT2D eigenvalue weighted by molar-refractivity contribution is 0.0426. The maximum atomic E-state index is 12.4. The lowest BCUT2D eigenvalue weighted by Crippen LogP contribution is -2.52. The first kappa shape index (κ1) is 13.6. The van der Waals surface area contributed by atoms with E-state index in [2.05, 4.69) is 12.2 Å². The minimum Gasteiger partial charge on any atom is -0.378 e. The largest absolute Gasteiger partial charge is 0.378 e. The van der Waals surface area contributed by atoms with Crippen molar-refractivity contribution in [1.29, 1.82) is 0 Å². The highest BCUT2D eigenvalue weighted by atomic mass is 16.5. The molecule has 2 fully saturated rings. The van der Waals surface area contributed by atoms with Gasteiger partial charge in [-0.2, -0.15) is 0 Å². The Labute approximate surface area is 109 Å². The maximum Gasteiger partial charge on any atom is 0.320 e. The fourth-order valence-electron chi connectivity index (χ4n) is 2.64. The van der Waals surface area contributed by atoms with Crippen LogP contribution in [-0.4, -0.2) is 67.8 Å². The Bertz CT molecular complexity index is 261. The quantitative estimate of drug-likeness (QED) is 0.815. The van der Waals surface area contributed by atoms with E-state index < -0.39 is 0 Å². The summed E-state index contributed by atoms with van der Waals surface area (Å²) in [5.74, 6) is 0. The number of nitrogens with one attached hydrogen (secondary N) is 1. The number of likely N-dealkylation sites (N-methyl/N-ethyl adjacent to an activating group) is 1. The molecular weight excluding hydrogens is 230 g/mol. The normalized spacial score (nSPS) is 24.9. The Morgan fingerprint density at radius 1 is 1.39 bits per heavy atom. The molecule has 2 saturated heterocycles. The molecule has 0 spiro atoms. The Morgan fingerprint density at radius 2 is 2.17 bits per heavy atom. The van der Waals surface area contributed by atoms with Gasteiger partial charge < -0.3 is 19.9 Å². The molecule has 2 aliphatic heterocycles. The molecule has 1 unspecified atom stereocenters. The zero-order chi connectivity index (χ0) is 12.8. The molecule has 0 aromatic carbocycles. The molecule has 2 aliphatic rings. The number of rotatable bonds is 3. The number of amides is 2. The lowest BCUT2D eigenvalue weighted by atomic mass is 10.0. The van der Waals surface area contributed by atoms with Crippen LogP contribution in [0.2, 0.25) is 0 Å². The van der Waals surface area contributed by atoms with Gasteiger partial charge in [-0.05, 0) is 26.3 Å².